The van der Waals surface area contributed by atoms with E-state index in [0.29, 0.717) is 0 Å². The van der Waals surface area contributed by atoms with Gasteiger partial charge in [-0.2, -0.15) is 0 Å². The van der Waals surface area contributed by atoms with E-state index in [9.17, 15) is 0 Å². The fourth-order valence-electron chi connectivity index (χ4n) is 3.81. The second-order valence-electron chi connectivity index (χ2n) is 7.31. The van der Waals surface area contributed by atoms with Crippen LogP contribution in [0.15, 0.2) is 34.5 Å². The van der Waals surface area contributed by atoms with Crippen molar-refractivity contribution in [2.45, 2.75) is 40.0 Å². The zero-order chi connectivity index (χ0) is 17.6. The standard InChI is InChI=1S/C21H25N3O/c1-12-5-6-16-15(7-12)9-18(23-16)19-11-21(25-4)20(24-19)10-17-13(2)8-14(3)22-17/h8-12,23-24H,5-7H2,1-4H3. The molecular weight excluding hydrogens is 310 g/mol. The quantitative estimate of drug-likeness (QED) is 0.823. The summed E-state index contributed by atoms with van der Waals surface area (Å²) >= 11 is 0. The predicted molar refractivity (Wildman–Crippen MR) is 103 cm³/mol. The van der Waals surface area contributed by atoms with Gasteiger partial charge in [0.15, 0.2) is 0 Å². The molecule has 2 aromatic rings. The number of aromatic amines is 2. The third kappa shape index (κ3) is 2.97. The number of fused-ring (bicyclic) bond motifs is 1. The van der Waals surface area contributed by atoms with Crippen LogP contribution < -0.4 is 4.74 Å². The molecule has 2 aromatic heterocycles. The van der Waals surface area contributed by atoms with Crippen molar-refractivity contribution in [2.75, 3.05) is 7.11 Å². The molecule has 0 bridgehead atoms. The number of hydrogen-bond acceptors (Lipinski definition) is 2. The van der Waals surface area contributed by atoms with Gasteiger partial charge in [-0.25, -0.2) is 0 Å². The van der Waals surface area contributed by atoms with Crippen molar-refractivity contribution >= 4 is 11.8 Å². The molecule has 0 saturated heterocycles. The number of nitrogens with zero attached hydrogens (tertiary/aromatic N) is 1. The Balaban J connectivity index is 1.70. The number of ether oxygens (including phenoxy) is 1. The van der Waals surface area contributed by atoms with Gasteiger partial charge in [0, 0.05) is 17.5 Å². The molecule has 3 heterocycles. The Hall–Kier alpha value is -2.49. The molecule has 25 heavy (non-hydrogen) atoms. The molecule has 2 aliphatic rings. The van der Waals surface area contributed by atoms with E-state index in [1.54, 1.807) is 7.11 Å². The van der Waals surface area contributed by atoms with Crippen LogP contribution in [0.4, 0.5) is 0 Å². The molecule has 130 valence electrons. The van der Waals surface area contributed by atoms with Crippen LogP contribution in [-0.4, -0.2) is 22.8 Å². The van der Waals surface area contributed by atoms with Gasteiger partial charge in [-0.15, -0.1) is 0 Å². The van der Waals surface area contributed by atoms with Crippen molar-refractivity contribution in [1.29, 1.82) is 0 Å². The van der Waals surface area contributed by atoms with Crippen LogP contribution in [-0.2, 0) is 12.8 Å². The maximum atomic E-state index is 5.58. The maximum absolute atomic E-state index is 5.58. The second-order valence-corrected chi connectivity index (χ2v) is 7.31. The summed E-state index contributed by atoms with van der Waals surface area (Å²) in [5.41, 5.74) is 9.21. The van der Waals surface area contributed by atoms with Crippen LogP contribution in [0.1, 0.15) is 44.1 Å². The number of rotatable bonds is 3. The maximum Gasteiger partial charge on any atom is 0.144 e. The average molecular weight is 335 g/mol. The van der Waals surface area contributed by atoms with E-state index in [1.807, 2.05) is 6.92 Å². The first-order chi connectivity index (χ1) is 12.0. The van der Waals surface area contributed by atoms with Crippen molar-refractivity contribution in [1.82, 2.24) is 9.97 Å². The van der Waals surface area contributed by atoms with Gasteiger partial charge >= 0.3 is 0 Å². The Bertz CT molecular complexity index is 908. The minimum atomic E-state index is 0.771. The summed E-state index contributed by atoms with van der Waals surface area (Å²) in [5, 5.41) is 0. The van der Waals surface area contributed by atoms with Gasteiger partial charge in [0.1, 0.15) is 5.75 Å². The molecule has 0 amide bonds. The van der Waals surface area contributed by atoms with Crippen LogP contribution >= 0.6 is 0 Å². The van der Waals surface area contributed by atoms with Crippen LogP contribution in [0.2, 0.25) is 0 Å². The van der Waals surface area contributed by atoms with E-state index in [1.165, 1.54) is 29.7 Å². The molecule has 4 rings (SSSR count). The van der Waals surface area contributed by atoms with E-state index in [4.69, 9.17) is 4.74 Å². The fraction of sp³-hybridized carbons (Fsp3) is 0.381. The van der Waals surface area contributed by atoms with Crippen LogP contribution in [0.5, 0.6) is 5.75 Å². The number of nitrogens with one attached hydrogen (secondary N) is 2. The number of hydrogen-bond donors (Lipinski definition) is 2. The first kappa shape index (κ1) is 16.0. The van der Waals surface area contributed by atoms with E-state index in [2.05, 4.69) is 53.1 Å². The van der Waals surface area contributed by atoms with Gasteiger partial charge in [0.05, 0.1) is 29.9 Å². The molecule has 0 saturated carbocycles. The van der Waals surface area contributed by atoms with Gasteiger partial charge in [-0.1, -0.05) is 6.92 Å². The highest BCUT2D eigenvalue weighted by molar-refractivity contribution is 5.98. The van der Waals surface area contributed by atoms with E-state index < -0.39 is 0 Å². The lowest BCUT2D eigenvalue weighted by atomic mass is 9.89. The lowest BCUT2D eigenvalue weighted by Crippen LogP contribution is -2.09. The van der Waals surface area contributed by atoms with Crippen molar-refractivity contribution in [2.24, 2.45) is 10.9 Å². The molecule has 0 aromatic carbocycles. The third-order valence-corrected chi connectivity index (χ3v) is 5.17. The minimum absolute atomic E-state index is 0.771. The Morgan fingerprint density at radius 3 is 2.72 bits per heavy atom. The summed E-state index contributed by atoms with van der Waals surface area (Å²) in [6.07, 6.45) is 7.74. The van der Waals surface area contributed by atoms with Crippen molar-refractivity contribution in [3.8, 4) is 17.1 Å². The Kier molecular flexibility index (Phi) is 3.91. The molecule has 1 aliphatic heterocycles. The van der Waals surface area contributed by atoms with Crippen LogP contribution in [0.3, 0.4) is 0 Å². The Morgan fingerprint density at radius 2 is 2.00 bits per heavy atom. The number of H-pyrrole nitrogens is 2. The lowest BCUT2D eigenvalue weighted by molar-refractivity contribution is 0.414. The topological polar surface area (TPSA) is 53.2 Å². The predicted octanol–water partition coefficient (Wildman–Crippen LogP) is 4.90. The highest BCUT2D eigenvalue weighted by Gasteiger charge is 2.19. The number of aliphatic imine (C=N–C) groups is 1. The molecule has 0 fully saturated rings. The monoisotopic (exact) mass is 335 g/mol. The molecule has 4 heteroatoms. The summed E-state index contributed by atoms with van der Waals surface area (Å²) in [4.78, 5) is 11.7. The molecule has 1 aliphatic carbocycles. The molecule has 1 atom stereocenters. The second kappa shape index (κ2) is 6.10. The lowest BCUT2D eigenvalue weighted by Gasteiger charge is -2.17. The van der Waals surface area contributed by atoms with Crippen LogP contribution in [0.25, 0.3) is 17.5 Å². The molecule has 0 spiro atoms. The third-order valence-electron chi connectivity index (χ3n) is 5.17. The molecule has 0 radical (unpaired) electrons. The Labute approximate surface area is 148 Å². The fourth-order valence-corrected chi connectivity index (χ4v) is 3.81. The van der Waals surface area contributed by atoms with Gasteiger partial charge < -0.3 is 14.7 Å². The Morgan fingerprint density at radius 1 is 1.20 bits per heavy atom. The number of allylic oxidation sites excluding steroid dienone is 2. The zero-order valence-corrected chi connectivity index (χ0v) is 15.4. The molecule has 2 N–H and O–H groups in total. The first-order valence-electron chi connectivity index (χ1n) is 8.97. The molecular formula is C21H25N3O. The van der Waals surface area contributed by atoms with Crippen LogP contribution in [0, 0.1) is 5.92 Å². The summed E-state index contributed by atoms with van der Waals surface area (Å²) in [6, 6.07) is 4.36. The number of aryl methyl sites for hydroxylation is 1. The summed E-state index contributed by atoms with van der Waals surface area (Å²) < 4.78 is 5.58. The molecule has 1 unspecified atom stereocenters. The van der Waals surface area contributed by atoms with Crippen molar-refractivity contribution in [3.05, 3.63) is 46.4 Å². The van der Waals surface area contributed by atoms with Gasteiger partial charge in [-0.3, -0.25) is 4.99 Å². The summed E-state index contributed by atoms with van der Waals surface area (Å²) in [7, 11) is 1.71. The number of aromatic nitrogens is 2. The number of methoxy groups -OCH3 is 1. The summed E-state index contributed by atoms with van der Waals surface area (Å²) in [5.74, 6) is 1.61. The molecule has 4 nitrogen and oxygen atoms in total. The van der Waals surface area contributed by atoms with E-state index >= 15 is 0 Å². The highest BCUT2D eigenvalue weighted by atomic mass is 16.5. The normalized spacial score (nSPS) is 21.3. The van der Waals surface area contributed by atoms with Gasteiger partial charge in [-0.05, 0) is 68.4 Å². The van der Waals surface area contributed by atoms with Crippen molar-refractivity contribution in [3.63, 3.8) is 0 Å². The zero-order valence-electron chi connectivity index (χ0n) is 15.4. The minimum Gasteiger partial charge on any atom is -0.494 e. The summed E-state index contributed by atoms with van der Waals surface area (Å²) in [6.45, 7) is 6.44. The smallest absolute Gasteiger partial charge is 0.144 e. The SMILES string of the molecule is COc1cc(-c2cc3c([nH]2)CCC(C)C3)[nH]c1C=C1N=C(C)C=C1C. The average Bonchev–Trinajstić information content (AvgIpc) is 3.24. The first-order valence-corrected chi connectivity index (χ1v) is 8.97. The van der Waals surface area contributed by atoms with Crippen molar-refractivity contribution < 1.29 is 4.74 Å². The van der Waals surface area contributed by atoms with Gasteiger partial charge in [0.25, 0.3) is 0 Å². The van der Waals surface area contributed by atoms with Gasteiger partial charge in [0.2, 0.25) is 0 Å². The highest BCUT2D eigenvalue weighted by Crippen LogP contribution is 2.33. The van der Waals surface area contributed by atoms with E-state index in [0.717, 1.165) is 46.6 Å². The largest absolute Gasteiger partial charge is 0.494 e. The van der Waals surface area contributed by atoms with E-state index in [-0.39, 0.29) is 0 Å².